The monoisotopic (exact) mass is 198 g/mol. The Morgan fingerprint density at radius 1 is 1.31 bits per heavy atom. The summed E-state index contributed by atoms with van der Waals surface area (Å²) >= 11 is 0. The van der Waals surface area contributed by atoms with Crippen molar-refractivity contribution in [3.63, 3.8) is 0 Å². The van der Waals surface area contributed by atoms with Crippen LogP contribution in [0, 0.1) is 0 Å². The molecule has 0 radical (unpaired) electrons. The van der Waals surface area contributed by atoms with Crippen molar-refractivity contribution in [3.8, 4) is 6.01 Å². The highest BCUT2D eigenvalue weighted by Crippen LogP contribution is 2.14. The topological polar surface area (TPSA) is 72.1 Å². The summed E-state index contributed by atoms with van der Waals surface area (Å²) in [5.41, 5.74) is 1.42. The van der Waals surface area contributed by atoms with Gasteiger partial charge in [0.1, 0.15) is 0 Å². The standard InChI is InChI=1S/C7H6N2O3S/c10-13(11)12-7-8-5-3-1-2-4-6(5)9-7/h1-4,13H,(H,8,9). The van der Waals surface area contributed by atoms with Crippen LogP contribution in [-0.2, 0) is 11.0 Å². The lowest BCUT2D eigenvalue weighted by Gasteiger charge is -1.86. The molecule has 0 bridgehead atoms. The van der Waals surface area contributed by atoms with E-state index in [1.165, 1.54) is 0 Å². The van der Waals surface area contributed by atoms with Gasteiger partial charge in [0.25, 0.3) is 0 Å². The molecule has 2 aromatic rings. The number of hydrogen-bond acceptors (Lipinski definition) is 4. The second-order valence-electron chi connectivity index (χ2n) is 2.37. The SMILES string of the molecule is O=[SH](=O)Oc1nc2ccccc2[nH]1. The summed E-state index contributed by atoms with van der Waals surface area (Å²) in [6.45, 7) is 0. The van der Waals surface area contributed by atoms with Gasteiger partial charge in [-0.05, 0) is 12.1 Å². The maximum atomic E-state index is 10.2. The maximum absolute atomic E-state index is 10.2. The lowest BCUT2D eigenvalue weighted by Crippen LogP contribution is -1.90. The van der Waals surface area contributed by atoms with Gasteiger partial charge in [-0.15, -0.1) is 0 Å². The Balaban J connectivity index is 2.49. The number of hydrogen-bond donors (Lipinski definition) is 2. The molecule has 68 valence electrons. The molecule has 1 heterocycles. The van der Waals surface area contributed by atoms with E-state index in [4.69, 9.17) is 0 Å². The van der Waals surface area contributed by atoms with Crippen molar-refractivity contribution in [2.75, 3.05) is 0 Å². The van der Waals surface area contributed by atoms with Crippen LogP contribution in [0.1, 0.15) is 0 Å². The molecule has 0 atom stereocenters. The minimum atomic E-state index is -2.91. The summed E-state index contributed by atoms with van der Waals surface area (Å²) in [6, 6.07) is 7.17. The highest BCUT2D eigenvalue weighted by Gasteiger charge is 2.02. The van der Waals surface area contributed by atoms with Crippen LogP contribution in [0.4, 0.5) is 0 Å². The van der Waals surface area contributed by atoms with Gasteiger partial charge in [-0.3, -0.25) is 0 Å². The molecule has 0 aliphatic heterocycles. The van der Waals surface area contributed by atoms with Crippen molar-refractivity contribution in [2.45, 2.75) is 0 Å². The number of aromatic amines is 1. The number of thiol groups is 1. The Bertz CT molecular complexity index is 462. The van der Waals surface area contributed by atoms with E-state index in [0.717, 1.165) is 5.52 Å². The predicted octanol–water partition coefficient (Wildman–Crippen LogP) is 0.468. The molecule has 1 aromatic carbocycles. The molecule has 0 aliphatic rings. The molecule has 0 unspecified atom stereocenters. The Kier molecular flexibility index (Phi) is 1.90. The molecule has 6 heteroatoms. The molecule has 0 saturated carbocycles. The van der Waals surface area contributed by atoms with Gasteiger partial charge in [0, 0.05) is 0 Å². The van der Waals surface area contributed by atoms with Crippen LogP contribution in [0.3, 0.4) is 0 Å². The molecular formula is C7H6N2O3S. The zero-order chi connectivity index (χ0) is 9.26. The second kappa shape index (κ2) is 3.06. The highest BCUT2D eigenvalue weighted by atomic mass is 32.2. The van der Waals surface area contributed by atoms with Gasteiger partial charge in [0.2, 0.25) is 0 Å². The van der Waals surface area contributed by atoms with E-state index in [1.807, 2.05) is 12.1 Å². The number of para-hydroxylation sites is 2. The van der Waals surface area contributed by atoms with Crippen LogP contribution in [0.25, 0.3) is 11.0 Å². The zero-order valence-electron chi connectivity index (χ0n) is 6.43. The summed E-state index contributed by atoms with van der Waals surface area (Å²) in [5, 5.41) is 0. The van der Waals surface area contributed by atoms with Gasteiger partial charge in [-0.25, -0.2) is 0 Å². The van der Waals surface area contributed by atoms with E-state index < -0.39 is 11.0 Å². The Morgan fingerprint density at radius 2 is 2.08 bits per heavy atom. The zero-order valence-corrected chi connectivity index (χ0v) is 7.32. The minimum Gasteiger partial charge on any atom is -0.347 e. The van der Waals surface area contributed by atoms with Crippen LogP contribution < -0.4 is 4.18 Å². The molecule has 0 spiro atoms. The highest BCUT2D eigenvalue weighted by molar-refractivity contribution is 7.67. The van der Waals surface area contributed by atoms with Gasteiger partial charge in [-0.1, -0.05) is 12.1 Å². The van der Waals surface area contributed by atoms with Gasteiger partial charge in [-0.2, -0.15) is 13.4 Å². The number of imidazole rings is 1. The van der Waals surface area contributed by atoms with Crippen molar-refractivity contribution in [2.24, 2.45) is 0 Å². The van der Waals surface area contributed by atoms with Crippen molar-refractivity contribution in [3.05, 3.63) is 24.3 Å². The second-order valence-corrected chi connectivity index (χ2v) is 3.00. The number of rotatable bonds is 2. The smallest absolute Gasteiger partial charge is 0.311 e. The molecule has 0 saturated heterocycles. The third kappa shape index (κ3) is 1.62. The van der Waals surface area contributed by atoms with Crippen LogP contribution in [0.15, 0.2) is 24.3 Å². The number of H-pyrrole nitrogens is 1. The van der Waals surface area contributed by atoms with E-state index in [2.05, 4.69) is 14.2 Å². The normalized spacial score (nSPS) is 10.8. The van der Waals surface area contributed by atoms with Gasteiger partial charge in [0.15, 0.2) is 0 Å². The fraction of sp³-hybridized carbons (Fsp3) is 0. The van der Waals surface area contributed by atoms with Crippen LogP contribution in [0.2, 0.25) is 0 Å². The van der Waals surface area contributed by atoms with Crippen LogP contribution >= 0.6 is 0 Å². The summed E-state index contributed by atoms with van der Waals surface area (Å²) in [6.07, 6.45) is 0. The summed E-state index contributed by atoms with van der Waals surface area (Å²) in [7, 11) is -2.91. The molecule has 1 aromatic heterocycles. The first-order chi connectivity index (χ1) is 6.25. The third-order valence-electron chi connectivity index (χ3n) is 1.53. The summed E-state index contributed by atoms with van der Waals surface area (Å²) in [5.74, 6) is 0. The lowest BCUT2D eigenvalue weighted by molar-refractivity contribution is 0.492. The molecule has 5 nitrogen and oxygen atoms in total. The first-order valence-corrected chi connectivity index (χ1v) is 4.62. The molecule has 13 heavy (non-hydrogen) atoms. The Morgan fingerprint density at radius 3 is 2.77 bits per heavy atom. The van der Waals surface area contributed by atoms with Gasteiger partial charge < -0.3 is 9.17 Å². The Labute approximate surface area is 75.5 Å². The Hall–Kier alpha value is -1.56. The minimum absolute atomic E-state index is 0.00249. The molecule has 0 aliphatic carbocycles. The first kappa shape index (κ1) is 8.06. The third-order valence-corrected chi connectivity index (χ3v) is 1.85. The maximum Gasteiger partial charge on any atom is 0.311 e. The van der Waals surface area contributed by atoms with E-state index in [9.17, 15) is 8.42 Å². The molecule has 0 amide bonds. The van der Waals surface area contributed by atoms with E-state index in [1.54, 1.807) is 12.1 Å². The van der Waals surface area contributed by atoms with E-state index >= 15 is 0 Å². The number of fused-ring (bicyclic) bond motifs is 1. The number of nitrogens with one attached hydrogen (secondary N) is 1. The average molecular weight is 198 g/mol. The van der Waals surface area contributed by atoms with Crippen molar-refractivity contribution >= 4 is 22.0 Å². The lowest BCUT2D eigenvalue weighted by atomic mass is 10.3. The average Bonchev–Trinajstić information content (AvgIpc) is 2.44. The molecule has 1 N–H and O–H groups in total. The van der Waals surface area contributed by atoms with Gasteiger partial charge in [0.05, 0.1) is 11.0 Å². The van der Waals surface area contributed by atoms with E-state index in [0.29, 0.717) is 5.52 Å². The van der Waals surface area contributed by atoms with Crippen molar-refractivity contribution < 1.29 is 12.6 Å². The largest absolute Gasteiger partial charge is 0.347 e. The number of benzene rings is 1. The fourth-order valence-electron chi connectivity index (χ4n) is 1.04. The van der Waals surface area contributed by atoms with Gasteiger partial charge >= 0.3 is 17.0 Å². The van der Waals surface area contributed by atoms with Crippen LogP contribution in [0.5, 0.6) is 6.01 Å². The molecule has 2 rings (SSSR count). The molecular weight excluding hydrogens is 192 g/mol. The van der Waals surface area contributed by atoms with Crippen molar-refractivity contribution in [1.82, 2.24) is 9.97 Å². The van der Waals surface area contributed by atoms with E-state index in [-0.39, 0.29) is 6.01 Å². The quantitative estimate of drug-likeness (QED) is 0.688. The summed E-state index contributed by atoms with van der Waals surface area (Å²) < 4.78 is 24.8. The summed E-state index contributed by atoms with van der Waals surface area (Å²) in [4.78, 5) is 6.60. The fourth-order valence-corrected chi connectivity index (χ4v) is 1.27. The number of nitrogens with zero attached hydrogens (tertiary/aromatic N) is 1. The van der Waals surface area contributed by atoms with Crippen molar-refractivity contribution in [1.29, 1.82) is 0 Å². The first-order valence-electron chi connectivity index (χ1n) is 3.53. The number of aromatic nitrogens is 2. The molecule has 0 fully saturated rings. The predicted molar refractivity (Wildman–Crippen MR) is 47.0 cm³/mol. The van der Waals surface area contributed by atoms with Crippen LogP contribution in [-0.4, -0.2) is 18.4 Å².